The van der Waals surface area contributed by atoms with Crippen LogP contribution in [0.2, 0.25) is 0 Å². The summed E-state index contributed by atoms with van der Waals surface area (Å²) in [7, 11) is 0. The van der Waals surface area contributed by atoms with Crippen LogP contribution in [0, 0.1) is 5.92 Å². The van der Waals surface area contributed by atoms with E-state index in [1.165, 1.54) is 5.56 Å². The molecule has 3 nitrogen and oxygen atoms in total. The van der Waals surface area contributed by atoms with E-state index in [1.54, 1.807) is 0 Å². The molecule has 102 valence electrons. The molecule has 0 radical (unpaired) electrons. The van der Waals surface area contributed by atoms with E-state index in [1.807, 2.05) is 18.2 Å². The number of halogens is 1. The molecule has 19 heavy (non-hydrogen) atoms. The van der Waals surface area contributed by atoms with Crippen LogP contribution in [0.25, 0.3) is 0 Å². The molecule has 2 aliphatic rings. The zero-order chi connectivity index (χ0) is 13.2. The number of carbonyl (C=O) groups excluding carboxylic acids is 1. The Bertz CT molecular complexity index is 489. The third kappa shape index (κ3) is 2.93. The van der Waals surface area contributed by atoms with Gasteiger partial charge in [-0.3, -0.25) is 4.79 Å². The van der Waals surface area contributed by atoms with Crippen LogP contribution < -0.4 is 5.32 Å². The molecule has 1 aromatic carbocycles. The third-order valence-corrected chi connectivity index (χ3v) is 4.41. The predicted molar refractivity (Wildman–Crippen MR) is 74.3 cm³/mol. The number of ether oxygens (including phenoxy) is 1. The number of hydrogen-bond donors (Lipinski definition) is 1. The first-order valence-electron chi connectivity index (χ1n) is 6.84. The van der Waals surface area contributed by atoms with Crippen molar-refractivity contribution in [2.75, 3.05) is 6.54 Å². The predicted octanol–water partition coefficient (Wildman–Crippen LogP) is 2.85. The Morgan fingerprint density at radius 2 is 2.16 bits per heavy atom. The van der Waals surface area contributed by atoms with Gasteiger partial charge in [0, 0.05) is 17.5 Å². The van der Waals surface area contributed by atoms with Crippen LogP contribution in [0.15, 0.2) is 18.2 Å². The summed E-state index contributed by atoms with van der Waals surface area (Å²) in [6, 6.07) is 5.81. The first kappa shape index (κ1) is 12.9. The van der Waals surface area contributed by atoms with Crippen molar-refractivity contribution in [2.45, 2.75) is 37.9 Å². The summed E-state index contributed by atoms with van der Waals surface area (Å²) in [4.78, 5) is 12.1. The lowest BCUT2D eigenvalue weighted by Crippen LogP contribution is -2.28. The molecular formula is C15H18ClNO2. The molecule has 2 unspecified atom stereocenters. The van der Waals surface area contributed by atoms with Crippen molar-refractivity contribution in [3.8, 4) is 0 Å². The molecule has 0 saturated heterocycles. The maximum atomic E-state index is 12.1. The molecule has 3 rings (SSSR count). The summed E-state index contributed by atoms with van der Waals surface area (Å²) in [5, 5.41) is 3.31. The molecule has 1 aromatic rings. The smallest absolute Gasteiger partial charge is 0.251 e. The van der Waals surface area contributed by atoms with Crippen molar-refractivity contribution in [1.29, 1.82) is 0 Å². The van der Waals surface area contributed by atoms with Crippen molar-refractivity contribution in [2.24, 2.45) is 5.92 Å². The lowest BCUT2D eigenvalue weighted by atomic mass is 10.1. The molecule has 1 saturated carbocycles. The minimum atomic E-state index is 0.00715. The van der Waals surface area contributed by atoms with Crippen molar-refractivity contribution in [3.05, 3.63) is 34.9 Å². The monoisotopic (exact) mass is 279 g/mol. The van der Waals surface area contributed by atoms with Gasteiger partial charge in [0.15, 0.2) is 0 Å². The van der Waals surface area contributed by atoms with E-state index in [4.69, 9.17) is 16.3 Å². The van der Waals surface area contributed by atoms with Crippen LogP contribution >= 0.6 is 11.6 Å². The fraction of sp³-hybridized carbons (Fsp3) is 0.533. The Kier molecular flexibility index (Phi) is 3.76. The second kappa shape index (κ2) is 5.51. The highest BCUT2D eigenvalue weighted by atomic mass is 35.5. The van der Waals surface area contributed by atoms with Crippen molar-refractivity contribution in [3.63, 3.8) is 0 Å². The largest absolute Gasteiger partial charge is 0.372 e. The summed E-state index contributed by atoms with van der Waals surface area (Å²) in [6.45, 7) is 2.01. The lowest BCUT2D eigenvalue weighted by molar-refractivity contribution is 0.0947. The zero-order valence-corrected chi connectivity index (χ0v) is 11.6. The molecule has 1 aliphatic carbocycles. The molecule has 1 aliphatic heterocycles. The van der Waals surface area contributed by atoms with E-state index >= 15 is 0 Å². The maximum absolute atomic E-state index is 12.1. The Morgan fingerprint density at radius 3 is 2.95 bits per heavy atom. The highest BCUT2D eigenvalue weighted by molar-refractivity contribution is 6.20. The van der Waals surface area contributed by atoms with Crippen molar-refractivity contribution < 1.29 is 9.53 Å². The van der Waals surface area contributed by atoms with E-state index in [0.29, 0.717) is 24.5 Å². The Labute approximate surface area is 118 Å². The van der Waals surface area contributed by atoms with E-state index < -0.39 is 0 Å². The number of fused-ring (bicyclic) bond motifs is 1. The summed E-state index contributed by atoms with van der Waals surface area (Å²) >= 11 is 6.08. The summed E-state index contributed by atoms with van der Waals surface area (Å²) in [5.74, 6) is 0.539. The fourth-order valence-corrected chi connectivity index (χ4v) is 3.23. The number of benzene rings is 1. The molecule has 1 N–H and O–H groups in total. The van der Waals surface area contributed by atoms with Gasteiger partial charge in [0.2, 0.25) is 0 Å². The molecule has 1 fully saturated rings. The quantitative estimate of drug-likeness (QED) is 0.864. The van der Waals surface area contributed by atoms with Crippen LogP contribution in [0.1, 0.15) is 40.7 Å². The van der Waals surface area contributed by atoms with Crippen molar-refractivity contribution in [1.82, 2.24) is 5.32 Å². The highest BCUT2D eigenvalue weighted by Gasteiger charge is 2.23. The Morgan fingerprint density at radius 1 is 1.32 bits per heavy atom. The van der Waals surface area contributed by atoms with Gasteiger partial charge < -0.3 is 10.1 Å². The van der Waals surface area contributed by atoms with E-state index in [-0.39, 0.29) is 5.91 Å². The summed E-state index contributed by atoms with van der Waals surface area (Å²) in [6.07, 6.45) is 3.20. The topological polar surface area (TPSA) is 38.3 Å². The van der Waals surface area contributed by atoms with Gasteiger partial charge in [0.1, 0.15) is 0 Å². The van der Waals surface area contributed by atoms with E-state index in [9.17, 15) is 4.79 Å². The van der Waals surface area contributed by atoms with Gasteiger partial charge in [-0.15, -0.1) is 11.6 Å². The van der Waals surface area contributed by atoms with Gasteiger partial charge in [-0.25, -0.2) is 0 Å². The molecule has 0 bridgehead atoms. The maximum Gasteiger partial charge on any atom is 0.251 e. The SMILES string of the molecule is O=C(NCC1CCC(Cl)C1)c1ccc2c(c1)COC2. The molecule has 1 heterocycles. The fourth-order valence-electron chi connectivity index (χ4n) is 2.85. The number of nitrogens with one attached hydrogen (secondary N) is 1. The van der Waals surface area contributed by atoms with Crippen LogP contribution in [0.3, 0.4) is 0 Å². The molecule has 4 heteroatoms. The zero-order valence-electron chi connectivity index (χ0n) is 10.8. The molecule has 1 amide bonds. The average molecular weight is 280 g/mol. The van der Waals surface area contributed by atoms with Gasteiger partial charge in [0.25, 0.3) is 5.91 Å². The Balaban J connectivity index is 1.58. The van der Waals surface area contributed by atoms with Gasteiger partial charge in [-0.05, 0) is 48.4 Å². The normalized spacial score (nSPS) is 25.3. The van der Waals surface area contributed by atoms with Crippen LogP contribution in [0.4, 0.5) is 0 Å². The summed E-state index contributed by atoms with van der Waals surface area (Å²) < 4.78 is 5.36. The van der Waals surface area contributed by atoms with E-state index in [0.717, 1.165) is 36.9 Å². The van der Waals surface area contributed by atoms with E-state index in [2.05, 4.69) is 5.32 Å². The number of carbonyl (C=O) groups is 1. The number of amides is 1. The second-order valence-corrected chi connectivity index (χ2v) is 6.08. The average Bonchev–Trinajstić information content (AvgIpc) is 3.03. The molecule has 2 atom stereocenters. The number of hydrogen-bond acceptors (Lipinski definition) is 2. The van der Waals surface area contributed by atoms with Crippen LogP contribution in [0.5, 0.6) is 0 Å². The van der Waals surface area contributed by atoms with Gasteiger partial charge in [-0.2, -0.15) is 0 Å². The van der Waals surface area contributed by atoms with Crippen molar-refractivity contribution >= 4 is 17.5 Å². The van der Waals surface area contributed by atoms with Gasteiger partial charge in [0.05, 0.1) is 13.2 Å². The minimum absolute atomic E-state index is 0.00715. The third-order valence-electron chi connectivity index (χ3n) is 4.01. The van der Waals surface area contributed by atoms with Gasteiger partial charge >= 0.3 is 0 Å². The molecular weight excluding hydrogens is 262 g/mol. The molecule has 0 aromatic heterocycles. The van der Waals surface area contributed by atoms with Crippen LogP contribution in [-0.4, -0.2) is 17.8 Å². The Hall–Kier alpha value is -1.06. The number of rotatable bonds is 3. The summed E-state index contributed by atoms with van der Waals surface area (Å²) in [5.41, 5.74) is 3.05. The minimum Gasteiger partial charge on any atom is -0.372 e. The first-order valence-corrected chi connectivity index (χ1v) is 7.28. The number of alkyl halides is 1. The standard InChI is InChI=1S/C15H18ClNO2/c16-14-4-1-10(5-14)7-17-15(18)11-2-3-12-8-19-9-13(12)6-11/h2-3,6,10,14H,1,4-5,7-9H2,(H,17,18). The second-order valence-electron chi connectivity index (χ2n) is 5.46. The lowest BCUT2D eigenvalue weighted by Gasteiger charge is -2.11. The molecule has 0 spiro atoms. The first-order chi connectivity index (χ1) is 9.22. The van der Waals surface area contributed by atoms with Crippen LogP contribution in [-0.2, 0) is 18.0 Å². The highest BCUT2D eigenvalue weighted by Crippen LogP contribution is 2.28. The van der Waals surface area contributed by atoms with Gasteiger partial charge in [-0.1, -0.05) is 6.07 Å².